The molecule has 26 heavy (non-hydrogen) atoms. The second kappa shape index (κ2) is 8.07. The molecule has 0 aliphatic carbocycles. The molecule has 0 radical (unpaired) electrons. The highest BCUT2D eigenvalue weighted by Gasteiger charge is 2.09. The summed E-state index contributed by atoms with van der Waals surface area (Å²) in [5, 5.41) is 4.99. The SMILES string of the molecule is Cc1cc(C)n(CC(=O)NNC(=O)COCc2nc3ccccc3s2)n1. The third kappa shape index (κ3) is 4.64. The molecule has 2 N–H and O–H groups in total. The topological polar surface area (TPSA) is 98.1 Å². The van der Waals surface area contributed by atoms with Crippen molar-refractivity contribution in [2.24, 2.45) is 0 Å². The highest BCUT2D eigenvalue weighted by Crippen LogP contribution is 2.21. The fourth-order valence-electron chi connectivity index (χ4n) is 2.40. The highest BCUT2D eigenvalue weighted by atomic mass is 32.1. The van der Waals surface area contributed by atoms with Gasteiger partial charge in [0.15, 0.2) is 0 Å². The summed E-state index contributed by atoms with van der Waals surface area (Å²) >= 11 is 1.52. The Labute approximate surface area is 154 Å². The van der Waals surface area contributed by atoms with E-state index in [1.54, 1.807) is 4.68 Å². The summed E-state index contributed by atoms with van der Waals surface area (Å²) in [4.78, 5) is 28.0. The van der Waals surface area contributed by atoms with Gasteiger partial charge in [0.2, 0.25) is 0 Å². The normalized spacial score (nSPS) is 10.8. The number of aryl methyl sites for hydroxylation is 2. The summed E-state index contributed by atoms with van der Waals surface area (Å²) in [6.07, 6.45) is 0. The number of hydrazine groups is 1. The second-order valence-corrected chi connectivity index (χ2v) is 6.86. The summed E-state index contributed by atoms with van der Waals surface area (Å²) in [7, 11) is 0. The van der Waals surface area contributed by atoms with Crippen molar-refractivity contribution < 1.29 is 14.3 Å². The lowest BCUT2D eigenvalue weighted by Crippen LogP contribution is -2.44. The summed E-state index contributed by atoms with van der Waals surface area (Å²) in [6.45, 7) is 3.82. The Morgan fingerprint density at radius 3 is 2.69 bits per heavy atom. The van der Waals surface area contributed by atoms with E-state index in [4.69, 9.17) is 4.74 Å². The fourth-order valence-corrected chi connectivity index (χ4v) is 3.30. The minimum atomic E-state index is -0.437. The number of para-hydroxylation sites is 1. The van der Waals surface area contributed by atoms with Crippen molar-refractivity contribution in [3.8, 4) is 0 Å². The molecule has 0 unspecified atom stereocenters. The third-order valence-electron chi connectivity index (χ3n) is 3.53. The van der Waals surface area contributed by atoms with Gasteiger partial charge in [-0.2, -0.15) is 5.10 Å². The largest absolute Gasteiger partial charge is 0.364 e. The number of benzene rings is 1. The van der Waals surface area contributed by atoms with E-state index in [0.29, 0.717) is 0 Å². The van der Waals surface area contributed by atoms with Gasteiger partial charge in [0, 0.05) is 5.69 Å². The Morgan fingerprint density at radius 2 is 1.96 bits per heavy atom. The van der Waals surface area contributed by atoms with Gasteiger partial charge in [-0.15, -0.1) is 11.3 Å². The van der Waals surface area contributed by atoms with Gasteiger partial charge >= 0.3 is 0 Å². The molecule has 136 valence electrons. The number of aromatic nitrogens is 3. The molecular weight excluding hydrogens is 354 g/mol. The molecule has 3 rings (SSSR count). The Kier molecular flexibility index (Phi) is 5.59. The fraction of sp³-hybridized carbons (Fsp3) is 0.294. The van der Waals surface area contributed by atoms with Crippen molar-refractivity contribution in [3.63, 3.8) is 0 Å². The van der Waals surface area contributed by atoms with Gasteiger partial charge in [-0.1, -0.05) is 12.1 Å². The molecule has 0 aliphatic heterocycles. The summed E-state index contributed by atoms with van der Waals surface area (Å²) in [6, 6.07) is 9.67. The van der Waals surface area contributed by atoms with E-state index in [1.807, 2.05) is 44.2 Å². The summed E-state index contributed by atoms with van der Waals surface area (Å²) < 4.78 is 8.00. The van der Waals surface area contributed by atoms with E-state index in [0.717, 1.165) is 26.6 Å². The molecular formula is C17H19N5O3S. The first-order valence-corrected chi connectivity index (χ1v) is 8.84. The molecule has 0 saturated carbocycles. The van der Waals surface area contributed by atoms with Gasteiger partial charge in [0.25, 0.3) is 11.8 Å². The zero-order valence-electron chi connectivity index (χ0n) is 14.5. The number of carbonyl (C=O) groups is 2. The molecule has 0 fully saturated rings. The zero-order chi connectivity index (χ0) is 18.5. The number of amides is 2. The molecule has 0 saturated heterocycles. The van der Waals surface area contributed by atoms with Crippen LogP contribution in [0.4, 0.5) is 0 Å². The number of rotatable bonds is 6. The van der Waals surface area contributed by atoms with Gasteiger partial charge in [0.1, 0.15) is 18.2 Å². The predicted molar refractivity (Wildman–Crippen MR) is 97.3 cm³/mol. The quantitative estimate of drug-likeness (QED) is 0.638. The second-order valence-electron chi connectivity index (χ2n) is 5.75. The number of hydrogen-bond acceptors (Lipinski definition) is 6. The first-order chi connectivity index (χ1) is 12.5. The van der Waals surface area contributed by atoms with E-state index in [9.17, 15) is 9.59 Å². The van der Waals surface area contributed by atoms with Gasteiger partial charge in [-0.05, 0) is 32.0 Å². The van der Waals surface area contributed by atoms with Crippen LogP contribution in [0.2, 0.25) is 0 Å². The monoisotopic (exact) mass is 373 g/mol. The Balaban J connectivity index is 1.38. The molecule has 2 aromatic heterocycles. The maximum absolute atomic E-state index is 11.8. The molecule has 9 heteroatoms. The van der Waals surface area contributed by atoms with Crippen LogP contribution >= 0.6 is 11.3 Å². The average Bonchev–Trinajstić information content (AvgIpc) is 3.15. The van der Waals surface area contributed by atoms with Crippen molar-refractivity contribution in [1.82, 2.24) is 25.6 Å². The average molecular weight is 373 g/mol. The minimum absolute atomic E-state index is 0.0342. The maximum Gasteiger partial charge on any atom is 0.264 e. The van der Waals surface area contributed by atoms with Crippen LogP contribution < -0.4 is 10.9 Å². The Hall–Kier alpha value is -2.78. The lowest BCUT2D eigenvalue weighted by Gasteiger charge is -2.08. The van der Waals surface area contributed by atoms with E-state index < -0.39 is 5.91 Å². The van der Waals surface area contributed by atoms with E-state index in [1.165, 1.54) is 11.3 Å². The molecule has 0 aliphatic rings. The molecule has 3 aromatic rings. The number of nitrogens with zero attached hydrogens (tertiary/aromatic N) is 3. The highest BCUT2D eigenvalue weighted by molar-refractivity contribution is 7.18. The van der Waals surface area contributed by atoms with Crippen LogP contribution in [0.3, 0.4) is 0 Å². The zero-order valence-corrected chi connectivity index (χ0v) is 15.3. The molecule has 8 nitrogen and oxygen atoms in total. The van der Waals surface area contributed by atoms with Crippen LogP contribution in [-0.4, -0.2) is 33.2 Å². The smallest absolute Gasteiger partial charge is 0.264 e. The lowest BCUT2D eigenvalue weighted by atomic mass is 10.3. The number of nitrogens with one attached hydrogen (secondary N) is 2. The number of fused-ring (bicyclic) bond motifs is 1. The van der Waals surface area contributed by atoms with Crippen LogP contribution in [0, 0.1) is 13.8 Å². The maximum atomic E-state index is 11.8. The molecule has 2 amide bonds. The van der Waals surface area contributed by atoms with Crippen LogP contribution in [0.15, 0.2) is 30.3 Å². The molecule has 2 heterocycles. The number of hydrogen-bond donors (Lipinski definition) is 2. The molecule has 0 spiro atoms. The van der Waals surface area contributed by atoms with Crippen molar-refractivity contribution in [2.45, 2.75) is 27.0 Å². The molecule has 0 atom stereocenters. The van der Waals surface area contributed by atoms with Gasteiger partial charge in [0.05, 0.1) is 22.5 Å². The van der Waals surface area contributed by atoms with Crippen molar-refractivity contribution in [2.75, 3.05) is 6.61 Å². The van der Waals surface area contributed by atoms with Gasteiger partial charge in [-0.25, -0.2) is 4.98 Å². The van der Waals surface area contributed by atoms with Crippen molar-refractivity contribution in [3.05, 3.63) is 46.7 Å². The number of carbonyl (C=O) groups excluding carboxylic acids is 2. The molecule has 1 aromatic carbocycles. The van der Waals surface area contributed by atoms with E-state index in [2.05, 4.69) is 20.9 Å². The van der Waals surface area contributed by atoms with Crippen molar-refractivity contribution >= 4 is 33.4 Å². The van der Waals surface area contributed by atoms with Crippen molar-refractivity contribution in [1.29, 1.82) is 0 Å². The van der Waals surface area contributed by atoms with E-state index >= 15 is 0 Å². The summed E-state index contributed by atoms with van der Waals surface area (Å²) in [5.74, 6) is -0.802. The van der Waals surface area contributed by atoms with E-state index in [-0.39, 0.29) is 25.7 Å². The van der Waals surface area contributed by atoms with Crippen LogP contribution in [0.1, 0.15) is 16.4 Å². The van der Waals surface area contributed by atoms with Crippen LogP contribution in [0.25, 0.3) is 10.2 Å². The predicted octanol–water partition coefficient (Wildman–Crippen LogP) is 1.47. The van der Waals surface area contributed by atoms with Gasteiger partial charge in [-0.3, -0.25) is 25.1 Å². The standard InChI is InChI=1S/C17H19N5O3S/c1-11-7-12(2)22(21-11)8-15(23)19-20-16(24)9-25-10-17-18-13-5-3-4-6-14(13)26-17/h3-7H,8-10H2,1-2H3,(H,19,23)(H,20,24). The van der Waals surface area contributed by atoms with Gasteiger partial charge < -0.3 is 4.74 Å². The minimum Gasteiger partial charge on any atom is -0.364 e. The first-order valence-electron chi connectivity index (χ1n) is 8.02. The van der Waals surface area contributed by atoms with Crippen LogP contribution in [-0.2, 0) is 27.5 Å². The number of ether oxygens (including phenoxy) is 1. The van der Waals surface area contributed by atoms with Crippen LogP contribution in [0.5, 0.6) is 0 Å². The molecule has 0 bridgehead atoms. The lowest BCUT2D eigenvalue weighted by molar-refractivity contribution is -0.132. The Bertz CT molecular complexity index is 901. The number of thiazole rings is 1. The summed E-state index contributed by atoms with van der Waals surface area (Å²) in [5.41, 5.74) is 7.29. The first kappa shape index (κ1) is 18.0. The Morgan fingerprint density at radius 1 is 1.19 bits per heavy atom. The third-order valence-corrected chi connectivity index (χ3v) is 4.54.